The number of anilines is 1. The number of nitrogens with one attached hydrogen (secondary N) is 1. The maximum absolute atomic E-state index is 12.2. The number of aromatic nitrogens is 2. The van der Waals surface area contributed by atoms with Crippen molar-refractivity contribution < 1.29 is 8.42 Å². The van der Waals surface area contributed by atoms with Gasteiger partial charge >= 0.3 is 0 Å². The third-order valence-corrected chi connectivity index (χ3v) is 4.39. The van der Waals surface area contributed by atoms with Gasteiger partial charge in [-0.25, -0.2) is 23.1 Å². The van der Waals surface area contributed by atoms with E-state index in [2.05, 4.69) is 14.7 Å². The van der Waals surface area contributed by atoms with Crippen molar-refractivity contribution >= 4 is 39.2 Å². The van der Waals surface area contributed by atoms with Gasteiger partial charge in [-0.1, -0.05) is 23.7 Å². The van der Waals surface area contributed by atoms with Crippen molar-refractivity contribution in [3.8, 4) is 0 Å². The largest absolute Gasteiger partial charge is 0.264 e. The van der Waals surface area contributed by atoms with Crippen molar-refractivity contribution in [1.29, 1.82) is 0 Å². The molecule has 0 spiro atoms. The molecule has 21 heavy (non-hydrogen) atoms. The number of benzene rings is 1. The van der Waals surface area contributed by atoms with E-state index in [-0.39, 0.29) is 16.0 Å². The fourth-order valence-corrected chi connectivity index (χ4v) is 3.10. The molecular weight excluding hydrogens is 333 g/mol. The predicted molar refractivity (Wildman–Crippen MR) is 83.5 cm³/mol. The summed E-state index contributed by atoms with van der Waals surface area (Å²) in [4.78, 5) is 7.95. The van der Waals surface area contributed by atoms with Gasteiger partial charge in [0.25, 0.3) is 10.0 Å². The van der Waals surface area contributed by atoms with Crippen LogP contribution in [-0.2, 0) is 16.4 Å². The Morgan fingerprint density at radius 1 is 1.19 bits per heavy atom. The summed E-state index contributed by atoms with van der Waals surface area (Å²) in [5, 5.41) is 0.178. The fraction of sp³-hybridized carbons (Fsp3) is 0.231. The maximum Gasteiger partial charge on any atom is 0.264 e. The average Bonchev–Trinajstić information content (AvgIpc) is 2.38. The Labute approximate surface area is 133 Å². The van der Waals surface area contributed by atoms with Crippen LogP contribution in [0.2, 0.25) is 5.15 Å². The Hall–Kier alpha value is -1.37. The van der Waals surface area contributed by atoms with E-state index in [1.807, 2.05) is 0 Å². The zero-order valence-corrected chi connectivity index (χ0v) is 13.5. The molecule has 1 heterocycles. The molecule has 0 aliphatic rings. The van der Waals surface area contributed by atoms with Gasteiger partial charge in [-0.05, 0) is 37.1 Å². The lowest BCUT2D eigenvalue weighted by Crippen LogP contribution is -2.15. The summed E-state index contributed by atoms with van der Waals surface area (Å²) in [5.41, 5.74) is 1.55. The second kappa shape index (κ2) is 6.60. The number of alkyl halides is 1. The summed E-state index contributed by atoms with van der Waals surface area (Å²) in [7, 11) is -3.75. The molecule has 0 amide bonds. The summed E-state index contributed by atoms with van der Waals surface area (Å²) in [6.45, 7) is 1.70. The molecule has 2 rings (SSSR count). The summed E-state index contributed by atoms with van der Waals surface area (Å²) in [6.07, 6.45) is 0.686. The van der Waals surface area contributed by atoms with Crippen molar-refractivity contribution in [2.45, 2.75) is 18.2 Å². The van der Waals surface area contributed by atoms with Crippen LogP contribution in [0, 0.1) is 6.92 Å². The molecule has 0 saturated heterocycles. The Bertz CT molecular complexity index is 713. The lowest BCUT2D eigenvalue weighted by Gasteiger charge is -2.08. The molecule has 2 aromatic rings. The first-order valence-corrected chi connectivity index (χ1v) is 8.49. The molecule has 1 N–H and O–H groups in total. The number of rotatable bonds is 5. The van der Waals surface area contributed by atoms with E-state index in [1.165, 1.54) is 12.1 Å². The summed E-state index contributed by atoms with van der Waals surface area (Å²) >= 11 is 11.4. The molecule has 8 heteroatoms. The van der Waals surface area contributed by atoms with Crippen molar-refractivity contribution in [3.05, 3.63) is 46.7 Å². The second-order valence-electron chi connectivity index (χ2n) is 4.34. The number of sulfonamides is 1. The first-order valence-electron chi connectivity index (χ1n) is 6.09. The molecule has 0 unspecified atom stereocenters. The van der Waals surface area contributed by atoms with Gasteiger partial charge in [0, 0.05) is 11.6 Å². The van der Waals surface area contributed by atoms with Gasteiger partial charge in [0.2, 0.25) is 5.95 Å². The molecule has 1 aromatic heterocycles. The number of nitrogens with zero attached hydrogens (tertiary/aromatic N) is 2. The van der Waals surface area contributed by atoms with Crippen molar-refractivity contribution in [2.75, 3.05) is 10.6 Å². The van der Waals surface area contributed by atoms with Gasteiger partial charge in [-0.15, -0.1) is 11.6 Å². The van der Waals surface area contributed by atoms with Crippen molar-refractivity contribution in [1.82, 2.24) is 9.97 Å². The fourth-order valence-electron chi connectivity index (χ4n) is 1.70. The lowest BCUT2D eigenvalue weighted by molar-refractivity contribution is 0.600. The van der Waals surface area contributed by atoms with E-state index in [1.54, 1.807) is 25.1 Å². The van der Waals surface area contributed by atoms with E-state index in [0.717, 1.165) is 5.56 Å². The normalized spacial score (nSPS) is 11.4. The molecule has 5 nitrogen and oxygen atoms in total. The summed E-state index contributed by atoms with van der Waals surface area (Å²) in [5.74, 6) is 0.435. The van der Waals surface area contributed by atoms with E-state index in [9.17, 15) is 8.42 Å². The maximum atomic E-state index is 12.2. The van der Waals surface area contributed by atoms with Gasteiger partial charge in [0.1, 0.15) is 5.15 Å². The molecule has 0 bridgehead atoms. The topological polar surface area (TPSA) is 72.0 Å². The zero-order chi connectivity index (χ0) is 15.5. The van der Waals surface area contributed by atoms with Crippen LogP contribution in [0.1, 0.15) is 11.3 Å². The SMILES string of the molecule is Cc1cc(Cl)nc(NS(=O)(=O)c2ccc(CCCl)cc2)n1. The molecular formula is C13H13Cl2N3O2S. The van der Waals surface area contributed by atoms with Crippen LogP contribution in [0.3, 0.4) is 0 Å². The minimum atomic E-state index is -3.75. The standard InChI is InChI=1S/C13H13Cl2N3O2S/c1-9-8-12(15)17-13(16-9)18-21(19,20)11-4-2-10(3-5-11)6-7-14/h2-5,8H,6-7H2,1H3,(H,16,17,18). The molecule has 0 atom stereocenters. The van der Waals surface area contributed by atoms with Gasteiger partial charge in [-0.2, -0.15) is 0 Å². The van der Waals surface area contributed by atoms with Crippen LogP contribution in [0.25, 0.3) is 0 Å². The first-order chi connectivity index (χ1) is 9.90. The molecule has 0 saturated carbocycles. The summed E-state index contributed by atoms with van der Waals surface area (Å²) < 4.78 is 26.8. The van der Waals surface area contributed by atoms with E-state index >= 15 is 0 Å². The molecule has 0 radical (unpaired) electrons. The summed E-state index contributed by atoms with van der Waals surface area (Å²) in [6, 6.07) is 8.02. The Morgan fingerprint density at radius 2 is 1.86 bits per heavy atom. The zero-order valence-electron chi connectivity index (χ0n) is 11.2. The van der Waals surface area contributed by atoms with E-state index in [4.69, 9.17) is 23.2 Å². The Kier molecular flexibility index (Phi) is 5.03. The Morgan fingerprint density at radius 3 is 2.43 bits per heavy atom. The Balaban J connectivity index is 2.25. The number of hydrogen-bond acceptors (Lipinski definition) is 4. The average molecular weight is 346 g/mol. The third kappa shape index (κ3) is 4.30. The van der Waals surface area contributed by atoms with Crippen LogP contribution in [0.5, 0.6) is 0 Å². The number of halogens is 2. The van der Waals surface area contributed by atoms with Crippen LogP contribution in [-0.4, -0.2) is 24.3 Å². The van der Waals surface area contributed by atoms with Crippen LogP contribution < -0.4 is 4.72 Å². The van der Waals surface area contributed by atoms with Crippen molar-refractivity contribution in [3.63, 3.8) is 0 Å². The molecule has 1 aromatic carbocycles. The molecule has 0 aliphatic carbocycles. The highest BCUT2D eigenvalue weighted by atomic mass is 35.5. The van der Waals surface area contributed by atoms with Gasteiger partial charge < -0.3 is 0 Å². The lowest BCUT2D eigenvalue weighted by atomic mass is 10.2. The quantitative estimate of drug-likeness (QED) is 0.667. The van der Waals surface area contributed by atoms with Crippen molar-refractivity contribution in [2.24, 2.45) is 0 Å². The van der Waals surface area contributed by atoms with Crippen LogP contribution in [0.15, 0.2) is 35.2 Å². The predicted octanol–water partition coefficient (Wildman–Crippen LogP) is 3.02. The van der Waals surface area contributed by atoms with Crippen LogP contribution >= 0.6 is 23.2 Å². The van der Waals surface area contributed by atoms with E-state index < -0.39 is 10.0 Å². The highest BCUT2D eigenvalue weighted by molar-refractivity contribution is 7.92. The third-order valence-electron chi connectivity index (χ3n) is 2.67. The van der Waals surface area contributed by atoms with Gasteiger partial charge in [0.05, 0.1) is 4.90 Å². The number of aryl methyl sites for hydroxylation is 2. The van der Waals surface area contributed by atoms with Gasteiger partial charge in [0.15, 0.2) is 0 Å². The minimum absolute atomic E-state index is 0.0511. The minimum Gasteiger partial charge on any atom is -0.247 e. The molecule has 112 valence electrons. The second-order valence-corrected chi connectivity index (χ2v) is 6.79. The smallest absolute Gasteiger partial charge is 0.247 e. The highest BCUT2D eigenvalue weighted by Crippen LogP contribution is 2.16. The van der Waals surface area contributed by atoms with Crippen LogP contribution in [0.4, 0.5) is 5.95 Å². The highest BCUT2D eigenvalue weighted by Gasteiger charge is 2.16. The monoisotopic (exact) mass is 345 g/mol. The molecule has 0 fully saturated rings. The van der Waals surface area contributed by atoms with Gasteiger partial charge in [-0.3, -0.25) is 0 Å². The van der Waals surface area contributed by atoms with E-state index in [0.29, 0.717) is 18.0 Å². The number of hydrogen-bond donors (Lipinski definition) is 1. The first kappa shape index (κ1) is 16.0. The molecule has 0 aliphatic heterocycles.